The van der Waals surface area contributed by atoms with Crippen molar-refractivity contribution in [2.24, 2.45) is 0 Å². The van der Waals surface area contributed by atoms with E-state index in [9.17, 15) is 8.42 Å². The maximum Gasteiger partial charge on any atom is 0.178 e. The second kappa shape index (κ2) is 4.42. The lowest BCUT2D eigenvalue weighted by molar-refractivity contribution is 0.602. The summed E-state index contributed by atoms with van der Waals surface area (Å²) in [5, 5.41) is 3.91. The fraction of sp³-hybridized carbons (Fsp3) is 0.222. The van der Waals surface area contributed by atoms with Crippen LogP contribution >= 0.6 is 11.6 Å². The maximum atomic E-state index is 11.3. The Balaban J connectivity index is 2.37. The quantitative estimate of drug-likeness (QED) is 0.773. The highest BCUT2D eigenvalue weighted by molar-refractivity contribution is 7.90. The summed E-state index contributed by atoms with van der Waals surface area (Å²) in [5.74, 6) is 0.717. The summed E-state index contributed by atoms with van der Waals surface area (Å²) < 4.78 is 23.9. The van der Waals surface area contributed by atoms with Gasteiger partial charge in [-0.05, 0) is 0 Å². The van der Waals surface area contributed by atoms with Gasteiger partial charge in [0.25, 0.3) is 0 Å². The van der Waals surface area contributed by atoms with Crippen molar-refractivity contribution in [1.29, 1.82) is 0 Å². The van der Waals surface area contributed by atoms with Gasteiger partial charge in [-0.1, -0.05) is 0 Å². The first kappa shape index (κ1) is 12.0. The molecule has 0 aromatic carbocycles. The van der Waals surface area contributed by atoms with Gasteiger partial charge < -0.3 is 0 Å². The first-order valence-corrected chi connectivity index (χ1v) is 7.05. The molecule has 0 aliphatic heterocycles. The standard InChI is InChI=1S/C9H9ClN4O2S/c1-17(15,16)8-4-13-14(6-8)9-5-11-7(2-10)3-12-9/h3-6H,2H2,1H3. The Morgan fingerprint density at radius 3 is 2.53 bits per heavy atom. The molecule has 0 amide bonds. The minimum atomic E-state index is -3.26. The zero-order valence-electron chi connectivity index (χ0n) is 8.91. The molecule has 0 aliphatic rings. The summed E-state index contributed by atoms with van der Waals surface area (Å²) in [6.07, 6.45) is 6.78. The van der Waals surface area contributed by atoms with E-state index in [2.05, 4.69) is 15.1 Å². The predicted octanol–water partition coefficient (Wildman–Crippen LogP) is 0.805. The van der Waals surface area contributed by atoms with E-state index in [1.165, 1.54) is 29.5 Å². The molecule has 0 bridgehead atoms. The monoisotopic (exact) mass is 272 g/mol. The Labute approximate surface area is 103 Å². The molecule has 0 fully saturated rings. The number of nitrogens with zero attached hydrogens (tertiary/aromatic N) is 4. The molecular formula is C9H9ClN4O2S. The average molecular weight is 273 g/mol. The highest BCUT2D eigenvalue weighted by Gasteiger charge is 2.11. The second-order valence-corrected chi connectivity index (χ2v) is 5.68. The lowest BCUT2D eigenvalue weighted by Crippen LogP contribution is -2.00. The fourth-order valence-electron chi connectivity index (χ4n) is 1.16. The van der Waals surface area contributed by atoms with Crippen molar-refractivity contribution in [2.45, 2.75) is 10.8 Å². The smallest absolute Gasteiger partial charge is 0.178 e. The van der Waals surface area contributed by atoms with Crippen LogP contribution in [-0.4, -0.2) is 34.4 Å². The van der Waals surface area contributed by atoms with Crippen LogP contribution in [0.25, 0.3) is 5.82 Å². The van der Waals surface area contributed by atoms with Crippen molar-refractivity contribution in [3.05, 3.63) is 30.5 Å². The van der Waals surface area contributed by atoms with Crippen LogP contribution in [0.4, 0.5) is 0 Å². The van der Waals surface area contributed by atoms with Crippen molar-refractivity contribution < 1.29 is 8.42 Å². The van der Waals surface area contributed by atoms with Gasteiger partial charge in [-0.15, -0.1) is 11.6 Å². The topological polar surface area (TPSA) is 77.7 Å². The van der Waals surface area contributed by atoms with Gasteiger partial charge in [0.2, 0.25) is 0 Å². The third-order valence-corrected chi connectivity index (χ3v) is 3.39. The average Bonchev–Trinajstić information content (AvgIpc) is 2.78. The largest absolute Gasteiger partial charge is 0.254 e. The van der Waals surface area contributed by atoms with Crippen LogP contribution in [0.3, 0.4) is 0 Å². The van der Waals surface area contributed by atoms with Gasteiger partial charge in [-0.25, -0.2) is 18.1 Å². The fourth-order valence-corrected chi connectivity index (χ4v) is 1.83. The van der Waals surface area contributed by atoms with Crippen LogP contribution in [0.5, 0.6) is 0 Å². The molecule has 0 unspecified atom stereocenters. The summed E-state index contributed by atoms with van der Waals surface area (Å²) in [6.45, 7) is 0. The zero-order valence-corrected chi connectivity index (χ0v) is 10.5. The first-order valence-electron chi connectivity index (χ1n) is 4.62. The summed E-state index contributed by atoms with van der Waals surface area (Å²) >= 11 is 5.58. The van der Waals surface area contributed by atoms with Gasteiger partial charge in [-0.3, -0.25) is 4.98 Å². The minimum Gasteiger partial charge on any atom is -0.254 e. The molecule has 90 valence electrons. The van der Waals surface area contributed by atoms with Crippen LogP contribution < -0.4 is 0 Å². The molecule has 0 N–H and O–H groups in total. The Bertz CT molecular complexity index is 621. The highest BCUT2D eigenvalue weighted by atomic mass is 35.5. The van der Waals surface area contributed by atoms with Crippen LogP contribution in [0, 0.1) is 0 Å². The first-order chi connectivity index (χ1) is 8.00. The van der Waals surface area contributed by atoms with Crippen molar-refractivity contribution in [1.82, 2.24) is 19.7 Å². The molecule has 2 aromatic rings. The van der Waals surface area contributed by atoms with E-state index in [-0.39, 0.29) is 10.8 Å². The molecular weight excluding hydrogens is 264 g/mol. The predicted molar refractivity (Wildman–Crippen MR) is 61.8 cm³/mol. The van der Waals surface area contributed by atoms with Crippen LogP contribution in [0.2, 0.25) is 0 Å². The SMILES string of the molecule is CS(=O)(=O)c1cnn(-c2cnc(CCl)cn2)c1. The number of halogens is 1. The molecule has 0 radical (unpaired) electrons. The Hall–Kier alpha value is -1.47. The number of hydrogen-bond acceptors (Lipinski definition) is 5. The number of sulfone groups is 1. The van der Waals surface area contributed by atoms with E-state index >= 15 is 0 Å². The molecule has 2 aromatic heterocycles. The van der Waals surface area contributed by atoms with Gasteiger partial charge in [-0.2, -0.15) is 5.10 Å². The van der Waals surface area contributed by atoms with Crippen LogP contribution in [-0.2, 0) is 15.7 Å². The molecule has 8 heteroatoms. The molecule has 6 nitrogen and oxygen atoms in total. The van der Waals surface area contributed by atoms with Crippen molar-refractivity contribution >= 4 is 21.4 Å². The number of alkyl halides is 1. The molecule has 0 saturated carbocycles. The molecule has 2 rings (SSSR count). The molecule has 17 heavy (non-hydrogen) atoms. The molecule has 0 spiro atoms. The van der Waals surface area contributed by atoms with E-state index in [1.54, 1.807) is 0 Å². The molecule has 0 atom stereocenters. The summed E-state index contributed by atoms with van der Waals surface area (Å²) in [6, 6.07) is 0. The lowest BCUT2D eigenvalue weighted by atomic mass is 10.5. The third kappa shape index (κ3) is 2.62. The molecule has 0 saturated heterocycles. The van der Waals surface area contributed by atoms with Gasteiger partial charge in [0.15, 0.2) is 15.7 Å². The van der Waals surface area contributed by atoms with Crippen LogP contribution in [0.15, 0.2) is 29.7 Å². The van der Waals surface area contributed by atoms with Crippen molar-refractivity contribution in [3.63, 3.8) is 0 Å². The van der Waals surface area contributed by atoms with Crippen molar-refractivity contribution in [2.75, 3.05) is 6.26 Å². The van der Waals surface area contributed by atoms with E-state index in [1.807, 2.05) is 0 Å². The second-order valence-electron chi connectivity index (χ2n) is 3.39. The highest BCUT2D eigenvalue weighted by Crippen LogP contribution is 2.10. The Morgan fingerprint density at radius 1 is 1.29 bits per heavy atom. The number of rotatable bonds is 3. The summed E-state index contributed by atoms with van der Waals surface area (Å²) in [4.78, 5) is 8.25. The Morgan fingerprint density at radius 2 is 2.06 bits per heavy atom. The van der Waals surface area contributed by atoms with E-state index in [0.717, 1.165) is 6.26 Å². The van der Waals surface area contributed by atoms with Gasteiger partial charge in [0.05, 0.1) is 36.4 Å². The normalized spacial score (nSPS) is 11.6. The maximum absolute atomic E-state index is 11.3. The minimum absolute atomic E-state index is 0.140. The van der Waals surface area contributed by atoms with Gasteiger partial charge in [0.1, 0.15) is 4.90 Å². The lowest BCUT2D eigenvalue weighted by Gasteiger charge is -1.99. The third-order valence-electron chi connectivity index (χ3n) is 2.05. The zero-order chi connectivity index (χ0) is 12.5. The van der Waals surface area contributed by atoms with Crippen LogP contribution in [0.1, 0.15) is 5.69 Å². The van der Waals surface area contributed by atoms with Gasteiger partial charge >= 0.3 is 0 Å². The number of hydrogen-bond donors (Lipinski definition) is 0. The van der Waals surface area contributed by atoms with Crippen molar-refractivity contribution in [3.8, 4) is 5.82 Å². The molecule has 2 heterocycles. The summed E-state index contributed by atoms with van der Waals surface area (Å²) in [5.41, 5.74) is 0.644. The van der Waals surface area contributed by atoms with E-state index < -0.39 is 9.84 Å². The van der Waals surface area contributed by atoms with E-state index in [0.29, 0.717) is 11.5 Å². The van der Waals surface area contributed by atoms with Gasteiger partial charge in [0, 0.05) is 6.26 Å². The number of aromatic nitrogens is 4. The molecule has 0 aliphatic carbocycles. The Kier molecular flexibility index (Phi) is 3.12. The van der Waals surface area contributed by atoms with E-state index in [4.69, 9.17) is 11.6 Å². The summed E-state index contributed by atoms with van der Waals surface area (Å²) in [7, 11) is -3.26.